The number of rotatable bonds is 3. The number of amides is 1. The van der Waals surface area contributed by atoms with Crippen LogP contribution in [0.15, 0.2) is 0 Å². The van der Waals surface area contributed by atoms with Gasteiger partial charge in [-0.2, -0.15) is 0 Å². The highest BCUT2D eigenvalue weighted by Crippen LogP contribution is 2.34. The second-order valence-corrected chi connectivity index (χ2v) is 3.58. The molecule has 1 unspecified atom stereocenters. The molecule has 0 saturated heterocycles. The van der Waals surface area contributed by atoms with E-state index in [1.165, 1.54) is 0 Å². The number of alkyl halides is 2. The Hall–Kier alpha value is -0.870. The van der Waals surface area contributed by atoms with Gasteiger partial charge in [-0.05, 0) is 12.8 Å². The fourth-order valence-corrected chi connectivity index (χ4v) is 1.48. The third-order valence-corrected chi connectivity index (χ3v) is 2.16. The maximum absolute atomic E-state index is 12.7. The van der Waals surface area contributed by atoms with Crippen LogP contribution in [0.25, 0.3) is 0 Å². The molecule has 0 heterocycles. The van der Waals surface area contributed by atoms with Gasteiger partial charge in [0.05, 0.1) is 6.61 Å². The quantitative estimate of drug-likeness (QED) is 0.771. The first-order valence-electron chi connectivity index (χ1n) is 4.84. The van der Waals surface area contributed by atoms with Crippen molar-refractivity contribution >= 4 is 6.09 Å². The summed E-state index contributed by atoms with van der Waals surface area (Å²) in [6.45, 7) is 2.20. The molecule has 0 aromatic carbocycles. The molecule has 0 aromatic heterocycles. The number of halogens is 2. The van der Waals surface area contributed by atoms with Crippen molar-refractivity contribution in [3.63, 3.8) is 0 Å². The maximum Gasteiger partial charge on any atom is 0.407 e. The van der Waals surface area contributed by atoms with Gasteiger partial charge in [0.2, 0.25) is 5.92 Å². The van der Waals surface area contributed by atoms with Crippen LogP contribution in [0.1, 0.15) is 32.6 Å². The van der Waals surface area contributed by atoms with Gasteiger partial charge in [0, 0.05) is 18.9 Å². The molecule has 1 saturated carbocycles. The monoisotopic (exact) mass is 207 g/mol. The number of alkyl carbamates (subject to hydrolysis) is 1. The van der Waals surface area contributed by atoms with E-state index >= 15 is 0 Å². The van der Waals surface area contributed by atoms with E-state index in [2.05, 4.69) is 5.32 Å². The molecule has 3 nitrogen and oxygen atoms in total. The van der Waals surface area contributed by atoms with E-state index in [1.54, 1.807) is 0 Å². The van der Waals surface area contributed by atoms with Gasteiger partial charge in [0.15, 0.2) is 0 Å². The summed E-state index contributed by atoms with van der Waals surface area (Å²) in [7, 11) is 0. The largest absolute Gasteiger partial charge is 0.450 e. The fourth-order valence-electron chi connectivity index (χ4n) is 1.48. The van der Waals surface area contributed by atoms with Gasteiger partial charge >= 0.3 is 6.09 Å². The average Bonchev–Trinajstić information content (AvgIpc) is 2.42. The van der Waals surface area contributed by atoms with Gasteiger partial charge in [-0.25, -0.2) is 13.6 Å². The van der Waals surface area contributed by atoms with Crippen molar-refractivity contribution in [2.45, 2.75) is 44.6 Å². The summed E-state index contributed by atoms with van der Waals surface area (Å²) in [6, 6.07) is -0.436. The minimum atomic E-state index is -2.62. The van der Waals surface area contributed by atoms with Gasteiger partial charge < -0.3 is 10.1 Å². The Morgan fingerprint density at radius 3 is 2.86 bits per heavy atom. The molecule has 0 spiro atoms. The highest BCUT2D eigenvalue weighted by Gasteiger charge is 2.40. The second kappa shape index (κ2) is 4.57. The number of carbonyl (C=O) groups is 1. The van der Waals surface area contributed by atoms with Crippen LogP contribution in [-0.2, 0) is 4.74 Å². The Morgan fingerprint density at radius 2 is 2.36 bits per heavy atom. The van der Waals surface area contributed by atoms with Crippen LogP contribution < -0.4 is 5.32 Å². The van der Waals surface area contributed by atoms with Crippen LogP contribution in [0.2, 0.25) is 0 Å². The zero-order valence-corrected chi connectivity index (χ0v) is 8.19. The summed E-state index contributed by atoms with van der Waals surface area (Å²) >= 11 is 0. The lowest BCUT2D eigenvalue weighted by molar-refractivity contribution is 0.00697. The molecule has 82 valence electrons. The number of ether oxygens (including phenoxy) is 1. The van der Waals surface area contributed by atoms with Crippen molar-refractivity contribution in [1.29, 1.82) is 0 Å². The Kier molecular flexibility index (Phi) is 3.66. The van der Waals surface area contributed by atoms with Crippen LogP contribution in [0.3, 0.4) is 0 Å². The van der Waals surface area contributed by atoms with Crippen LogP contribution in [0.5, 0.6) is 0 Å². The first-order chi connectivity index (χ1) is 6.53. The molecule has 0 aromatic rings. The van der Waals surface area contributed by atoms with Crippen molar-refractivity contribution in [2.75, 3.05) is 6.61 Å². The van der Waals surface area contributed by atoms with Crippen molar-refractivity contribution in [1.82, 2.24) is 5.32 Å². The molecule has 1 aliphatic carbocycles. The smallest absolute Gasteiger partial charge is 0.407 e. The van der Waals surface area contributed by atoms with Gasteiger partial charge in [-0.15, -0.1) is 0 Å². The summed E-state index contributed by atoms with van der Waals surface area (Å²) in [6.07, 6.45) is 0.0529. The van der Waals surface area contributed by atoms with Gasteiger partial charge in [0.25, 0.3) is 0 Å². The highest BCUT2D eigenvalue weighted by atomic mass is 19.3. The molecular formula is C9H15F2NO2. The van der Waals surface area contributed by atoms with Gasteiger partial charge in [-0.1, -0.05) is 6.92 Å². The maximum atomic E-state index is 12.7. The van der Waals surface area contributed by atoms with Crippen LogP contribution in [0.4, 0.5) is 13.6 Å². The minimum absolute atomic E-state index is 0.147. The zero-order valence-electron chi connectivity index (χ0n) is 8.19. The van der Waals surface area contributed by atoms with E-state index in [4.69, 9.17) is 4.74 Å². The standard InChI is InChI=1S/C9H15F2NO2/c1-2-5-14-8(13)12-7-3-4-9(10,11)6-7/h7H,2-6H2,1H3,(H,12,13). The van der Waals surface area contributed by atoms with E-state index in [-0.39, 0.29) is 12.8 Å². The lowest BCUT2D eigenvalue weighted by atomic mass is 10.2. The molecule has 0 aliphatic heterocycles. The van der Waals surface area contributed by atoms with E-state index in [0.29, 0.717) is 13.0 Å². The Balaban J connectivity index is 2.22. The molecule has 1 fully saturated rings. The number of carbonyl (C=O) groups excluding carboxylic acids is 1. The Morgan fingerprint density at radius 1 is 1.64 bits per heavy atom. The average molecular weight is 207 g/mol. The third kappa shape index (κ3) is 3.47. The normalized spacial score (nSPS) is 24.6. The molecule has 14 heavy (non-hydrogen) atoms. The second-order valence-electron chi connectivity index (χ2n) is 3.58. The number of hydrogen-bond acceptors (Lipinski definition) is 2. The van der Waals surface area contributed by atoms with Crippen molar-refractivity contribution in [3.05, 3.63) is 0 Å². The van der Waals surface area contributed by atoms with Gasteiger partial charge in [-0.3, -0.25) is 0 Å². The lowest BCUT2D eigenvalue weighted by Gasteiger charge is -2.12. The predicted octanol–water partition coefficient (Wildman–Crippen LogP) is 2.31. The van der Waals surface area contributed by atoms with Crippen LogP contribution >= 0.6 is 0 Å². The van der Waals surface area contributed by atoms with E-state index in [1.807, 2.05) is 6.92 Å². The summed E-state index contributed by atoms with van der Waals surface area (Å²) in [5, 5.41) is 2.43. The summed E-state index contributed by atoms with van der Waals surface area (Å²) in [5.74, 6) is -2.62. The molecule has 0 bridgehead atoms. The third-order valence-electron chi connectivity index (χ3n) is 2.16. The molecule has 1 atom stereocenters. The first kappa shape index (κ1) is 11.2. The Labute approximate surface area is 81.8 Å². The summed E-state index contributed by atoms with van der Waals surface area (Å²) < 4.78 is 30.1. The topological polar surface area (TPSA) is 38.3 Å². The number of nitrogens with one attached hydrogen (secondary N) is 1. The fraction of sp³-hybridized carbons (Fsp3) is 0.889. The summed E-state index contributed by atoms with van der Waals surface area (Å²) in [5.41, 5.74) is 0. The molecule has 1 aliphatic rings. The molecule has 1 N–H and O–H groups in total. The van der Waals surface area contributed by atoms with Crippen molar-refractivity contribution in [3.8, 4) is 0 Å². The predicted molar refractivity (Wildman–Crippen MR) is 47.4 cm³/mol. The van der Waals surface area contributed by atoms with Gasteiger partial charge in [0.1, 0.15) is 0 Å². The molecule has 5 heteroatoms. The van der Waals surface area contributed by atoms with E-state index in [9.17, 15) is 13.6 Å². The van der Waals surface area contributed by atoms with E-state index in [0.717, 1.165) is 6.42 Å². The first-order valence-corrected chi connectivity index (χ1v) is 4.84. The van der Waals surface area contributed by atoms with E-state index < -0.39 is 18.1 Å². The minimum Gasteiger partial charge on any atom is -0.450 e. The van der Waals surface area contributed by atoms with Crippen molar-refractivity contribution < 1.29 is 18.3 Å². The van der Waals surface area contributed by atoms with Crippen molar-refractivity contribution in [2.24, 2.45) is 0 Å². The molecule has 1 rings (SSSR count). The lowest BCUT2D eigenvalue weighted by Crippen LogP contribution is -2.34. The zero-order chi connectivity index (χ0) is 10.6. The SMILES string of the molecule is CCCOC(=O)NC1CCC(F)(F)C1. The Bertz CT molecular complexity index is 209. The molecular weight excluding hydrogens is 192 g/mol. The number of hydrogen-bond donors (Lipinski definition) is 1. The molecule has 0 radical (unpaired) electrons. The highest BCUT2D eigenvalue weighted by molar-refractivity contribution is 5.67. The molecule has 1 amide bonds. The van der Waals surface area contributed by atoms with Crippen LogP contribution in [0, 0.1) is 0 Å². The van der Waals surface area contributed by atoms with Crippen LogP contribution in [-0.4, -0.2) is 24.7 Å². The summed E-state index contributed by atoms with van der Waals surface area (Å²) in [4.78, 5) is 11.0.